The minimum Gasteiger partial charge on any atom is -0.336 e. The van der Waals surface area contributed by atoms with Crippen LogP contribution in [0.25, 0.3) is 21.8 Å². The summed E-state index contributed by atoms with van der Waals surface area (Å²) in [4.78, 5) is 4.67. The van der Waals surface area contributed by atoms with Crippen LogP contribution >= 0.6 is 0 Å². The van der Waals surface area contributed by atoms with Gasteiger partial charge in [0.25, 0.3) is 0 Å². The lowest BCUT2D eigenvalue weighted by molar-refractivity contribution is 0.869. The van der Waals surface area contributed by atoms with Gasteiger partial charge in [-0.05, 0) is 90.5 Å². The molecule has 0 aliphatic carbocycles. The highest BCUT2D eigenvalue weighted by Gasteiger charge is 2.19. The lowest BCUT2D eigenvalue weighted by Crippen LogP contribution is -2.09. The molecular formula is C43H33N3. The molecule has 7 aromatic carbocycles. The lowest BCUT2D eigenvalue weighted by Gasteiger charge is -2.26. The van der Waals surface area contributed by atoms with Gasteiger partial charge in [-0.1, -0.05) is 103 Å². The predicted octanol–water partition coefficient (Wildman–Crippen LogP) is 11.8. The second-order valence-electron chi connectivity index (χ2n) is 11.5. The van der Waals surface area contributed by atoms with Gasteiger partial charge in [0.1, 0.15) is 0 Å². The fourth-order valence-corrected chi connectivity index (χ4v) is 6.50. The average Bonchev–Trinajstić information content (AvgIpc) is 3.42. The van der Waals surface area contributed by atoms with E-state index in [0.717, 1.165) is 40.7 Å². The standard InChI is InChI=1S/C43H33N3/c1-6-16-33(17-7-1)32-44-42-28-26-38(45(34-18-8-2-9-19-34)35-20-10-3-11-21-35)30-40(42)41-31-39(27-29-43(41)44)46(36-22-12-4-13-23-36)37-24-14-5-15-25-37/h1-31H,32H2. The molecule has 0 saturated carbocycles. The summed E-state index contributed by atoms with van der Waals surface area (Å²) in [6.45, 7) is 0.793. The number of hydrogen-bond acceptors (Lipinski definition) is 2. The van der Waals surface area contributed by atoms with Crippen LogP contribution in [0.15, 0.2) is 188 Å². The number of benzene rings is 7. The van der Waals surface area contributed by atoms with E-state index in [0.29, 0.717) is 0 Å². The Labute approximate surface area is 269 Å². The topological polar surface area (TPSA) is 11.4 Å². The maximum Gasteiger partial charge on any atom is 0.0496 e. The molecule has 3 heteroatoms. The molecule has 0 saturated heterocycles. The van der Waals surface area contributed by atoms with E-state index in [9.17, 15) is 0 Å². The van der Waals surface area contributed by atoms with Crippen LogP contribution in [0.3, 0.4) is 0 Å². The maximum atomic E-state index is 2.46. The largest absolute Gasteiger partial charge is 0.336 e. The Bertz CT molecular complexity index is 1990. The maximum absolute atomic E-state index is 2.46. The molecule has 0 aliphatic heterocycles. The summed E-state index contributed by atoms with van der Waals surface area (Å²) in [5.74, 6) is 0. The van der Waals surface area contributed by atoms with Crippen molar-refractivity contribution in [3.63, 3.8) is 0 Å². The van der Waals surface area contributed by atoms with Crippen LogP contribution < -0.4 is 9.80 Å². The molecule has 1 aromatic heterocycles. The number of nitrogens with zero attached hydrogens (tertiary/aromatic N) is 3. The summed E-state index contributed by atoms with van der Waals surface area (Å²) in [5.41, 5.74) is 10.5. The SMILES string of the molecule is c1ccc(Cn2c3ccc(N(c4ccccc4)c4ccccc4)cc3c3cc(N(c4ccccc4)c4ccccc4)ccc32)cc1. The molecule has 0 fully saturated rings. The highest BCUT2D eigenvalue weighted by atomic mass is 15.1. The van der Waals surface area contributed by atoms with Crippen LogP contribution in [0.5, 0.6) is 0 Å². The number of fused-ring (bicyclic) bond motifs is 3. The molecule has 1 heterocycles. The van der Waals surface area contributed by atoms with Crippen LogP contribution in [0.4, 0.5) is 34.1 Å². The summed E-state index contributed by atoms with van der Waals surface area (Å²) in [5, 5.41) is 2.45. The third-order valence-electron chi connectivity index (χ3n) is 8.59. The second kappa shape index (κ2) is 12.1. The normalized spacial score (nSPS) is 11.1. The molecule has 220 valence electrons. The highest BCUT2D eigenvalue weighted by molar-refractivity contribution is 6.11. The van der Waals surface area contributed by atoms with Crippen molar-refractivity contribution in [2.75, 3.05) is 9.80 Å². The first-order chi connectivity index (χ1) is 22.8. The molecule has 0 bridgehead atoms. The summed E-state index contributed by atoms with van der Waals surface area (Å²) < 4.78 is 2.46. The van der Waals surface area contributed by atoms with Gasteiger partial charge in [-0.15, -0.1) is 0 Å². The minimum absolute atomic E-state index is 0.793. The molecular weight excluding hydrogens is 558 g/mol. The molecule has 0 N–H and O–H groups in total. The van der Waals surface area contributed by atoms with Crippen molar-refractivity contribution in [1.29, 1.82) is 0 Å². The van der Waals surface area contributed by atoms with Crippen molar-refractivity contribution in [2.24, 2.45) is 0 Å². The van der Waals surface area contributed by atoms with Crippen molar-refractivity contribution >= 4 is 55.9 Å². The summed E-state index contributed by atoms with van der Waals surface area (Å²) in [6.07, 6.45) is 0. The van der Waals surface area contributed by atoms with Crippen molar-refractivity contribution in [2.45, 2.75) is 6.54 Å². The van der Waals surface area contributed by atoms with E-state index >= 15 is 0 Å². The molecule has 0 atom stereocenters. The highest BCUT2D eigenvalue weighted by Crippen LogP contribution is 2.41. The van der Waals surface area contributed by atoms with Crippen molar-refractivity contribution in [1.82, 2.24) is 4.57 Å². The van der Waals surface area contributed by atoms with E-state index in [2.05, 4.69) is 202 Å². The first-order valence-corrected chi connectivity index (χ1v) is 15.7. The Hall–Kier alpha value is -6.06. The summed E-state index contributed by atoms with van der Waals surface area (Å²) in [6, 6.07) is 67.0. The van der Waals surface area contributed by atoms with Crippen LogP contribution in [0.1, 0.15) is 5.56 Å². The monoisotopic (exact) mass is 591 g/mol. The van der Waals surface area contributed by atoms with Crippen molar-refractivity contribution in [3.05, 3.63) is 194 Å². The molecule has 0 unspecified atom stereocenters. The quantitative estimate of drug-likeness (QED) is 0.174. The number of para-hydroxylation sites is 4. The summed E-state index contributed by atoms with van der Waals surface area (Å²) in [7, 11) is 0. The third-order valence-corrected chi connectivity index (χ3v) is 8.59. The second-order valence-corrected chi connectivity index (χ2v) is 11.5. The molecule has 46 heavy (non-hydrogen) atoms. The zero-order valence-electron chi connectivity index (χ0n) is 25.4. The van der Waals surface area contributed by atoms with E-state index in [-0.39, 0.29) is 0 Å². The fourth-order valence-electron chi connectivity index (χ4n) is 6.50. The van der Waals surface area contributed by atoms with Gasteiger partial charge in [0.05, 0.1) is 0 Å². The van der Waals surface area contributed by atoms with Crippen molar-refractivity contribution in [3.8, 4) is 0 Å². The number of rotatable bonds is 8. The molecule has 8 aromatic rings. The lowest BCUT2D eigenvalue weighted by atomic mass is 10.1. The molecule has 3 nitrogen and oxygen atoms in total. The molecule has 0 aliphatic rings. The Kier molecular flexibility index (Phi) is 7.26. The average molecular weight is 592 g/mol. The van der Waals surface area contributed by atoms with Crippen LogP contribution in [0, 0.1) is 0 Å². The van der Waals surface area contributed by atoms with Gasteiger partial charge >= 0.3 is 0 Å². The van der Waals surface area contributed by atoms with Gasteiger partial charge in [-0.2, -0.15) is 0 Å². The Balaban J connectivity index is 1.36. The fraction of sp³-hybridized carbons (Fsp3) is 0.0233. The molecule has 0 spiro atoms. The van der Waals surface area contributed by atoms with E-state index < -0.39 is 0 Å². The van der Waals surface area contributed by atoms with Gasteiger partial charge in [0.15, 0.2) is 0 Å². The Morgan fingerprint density at radius 3 is 1.00 bits per heavy atom. The third kappa shape index (κ3) is 5.18. The van der Waals surface area contributed by atoms with E-state index in [1.54, 1.807) is 0 Å². The number of aromatic nitrogens is 1. The molecule has 8 rings (SSSR count). The smallest absolute Gasteiger partial charge is 0.0496 e. The van der Waals surface area contributed by atoms with Gasteiger partial charge in [0, 0.05) is 62.5 Å². The Morgan fingerprint density at radius 2 is 0.652 bits per heavy atom. The van der Waals surface area contributed by atoms with Crippen LogP contribution in [-0.4, -0.2) is 4.57 Å². The van der Waals surface area contributed by atoms with Crippen molar-refractivity contribution < 1.29 is 0 Å². The molecule has 0 radical (unpaired) electrons. The minimum atomic E-state index is 0.793. The number of anilines is 6. The number of hydrogen-bond donors (Lipinski definition) is 0. The van der Waals surface area contributed by atoms with Gasteiger partial charge < -0.3 is 14.4 Å². The first kappa shape index (κ1) is 27.5. The van der Waals surface area contributed by atoms with E-state index in [1.807, 2.05) is 0 Å². The predicted molar refractivity (Wildman–Crippen MR) is 194 cm³/mol. The van der Waals surface area contributed by atoms with Gasteiger partial charge in [-0.3, -0.25) is 0 Å². The first-order valence-electron chi connectivity index (χ1n) is 15.7. The zero-order chi connectivity index (χ0) is 30.7. The van der Waals surface area contributed by atoms with Gasteiger partial charge in [0.2, 0.25) is 0 Å². The van der Waals surface area contributed by atoms with Gasteiger partial charge in [-0.25, -0.2) is 0 Å². The summed E-state index contributed by atoms with van der Waals surface area (Å²) >= 11 is 0. The molecule has 0 amide bonds. The van der Waals surface area contributed by atoms with Crippen LogP contribution in [-0.2, 0) is 6.54 Å². The van der Waals surface area contributed by atoms with E-state index in [4.69, 9.17) is 0 Å². The van der Waals surface area contributed by atoms with E-state index in [1.165, 1.54) is 27.4 Å². The Morgan fingerprint density at radius 1 is 0.326 bits per heavy atom. The van der Waals surface area contributed by atoms with Crippen LogP contribution in [0.2, 0.25) is 0 Å². The zero-order valence-corrected chi connectivity index (χ0v) is 25.4.